The fraction of sp³-hybridized carbons (Fsp3) is 0.450. The van der Waals surface area contributed by atoms with Crippen LogP contribution in [0.15, 0.2) is 35.7 Å². The highest BCUT2D eigenvalue weighted by atomic mass is 32.1. The number of ether oxygens (including phenoxy) is 1. The molecule has 8 heteroatoms. The maximum Gasteiger partial charge on any atom is 0.329 e. The van der Waals surface area contributed by atoms with Crippen LogP contribution in [0.5, 0.6) is 0 Å². The number of aliphatic hydroxyl groups excluding tert-OH is 1. The number of aliphatic hydroxyl groups is 1. The van der Waals surface area contributed by atoms with Gasteiger partial charge in [-0.15, -0.1) is 11.3 Å². The van der Waals surface area contributed by atoms with E-state index in [1.807, 2.05) is 35.7 Å². The predicted octanol–water partition coefficient (Wildman–Crippen LogP) is 2.90. The van der Waals surface area contributed by atoms with Gasteiger partial charge in [0.2, 0.25) is 0 Å². The first kappa shape index (κ1) is 21.8. The van der Waals surface area contributed by atoms with Crippen molar-refractivity contribution in [2.24, 2.45) is 0 Å². The molecule has 1 heterocycles. The quantitative estimate of drug-likeness (QED) is 0.626. The molecule has 1 aromatic carbocycles. The number of amides is 2. The summed E-state index contributed by atoms with van der Waals surface area (Å²) in [4.78, 5) is 30.7. The SMILES string of the molecule is CC(C)c1nc(CN(C)C(=O)N[C@@H](CCO)C(=O)OCc2ccccc2)cs1. The molecule has 2 aromatic rings. The molecule has 0 radical (unpaired) electrons. The second kappa shape index (κ2) is 10.8. The van der Waals surface area contributed by atoms with Crippen molar-refractivity contribution in [3.63, 3.8) is 0 Å². The van der Waals surface area contributed by atoms with Gasteiger partial charge in [0.15, 0.2) is 0 Å². The van der Waals surface area contributed by atoms with Gasteiger partial charge in [0.05, 0.1) is 17.2 Å². The Balaban J connectivity index is 1.89. The average Bonchev–Trinajstić information content (AvgIpc) is 3.15. The van der Waals surface area contributed by atoms with Gasteiger partial charge in [-0.2, -0.15) is 0 Å². The molecule has 0 saturated heterocycles. The van der Waals surface area contributed by atoms with E-state index in [1.165, 1.54) is 4.90 Å². The number of carbonyl (C=O) groups excluding carboxylic acids is 2. The minimum Gasteiger partial charge on any atom is -0.459 e. The highest BCUT2D eigenvalue weighted by molar-refractivity contribution is 7.09. The summed E-state index contributed by atoms with van der Waals surface area (Å²) in [6, 6.07) is 7.95. The van der Waals surface area contributed by atoms with Gasteiger partial charge in [-0.05, 0) is 5.56 Å². The number of nitrogens with zero attached hydrogens (tertiary/aromatic N) is 2. The van der Waals surface area contributed by atoms with Crippen LogP contribution >= 0.6 is 11.3 Å². The monoisotopic (exact) mass is 405 g/mol. The number of benzene rings is 1. The Labute approximate surface area is 169 Å². The van der Waals surface area contributed by atoms with E-state index in [-0.39, 0.29) is 19.6 Å². The van der Waals surface area contributed by atoms with Gasteiger partial charge in [0, 0.05) is 31.4 Å². The molecule has 0 saturated carbocycles. The topological polar surface area (TPSA) is 91.8 Å². The zero-order valence-electron chi connectivity index (χ0n) is 16.4. The molecule has 152 valence electrons. The Morgan fingerprint density at radius 1 is 1.29 bits per heavy atom. The summed E-state index contributed by atoms with van der Waals surface area (Å²) < 4.78 is 5.28. The summed E-state index contributed by atoms with van der Waals surface area (Å²) in [7, 11) is 1.63. The van der Waals surface area contributed by atoms with E-state index in [9.17, 15) is 14.7 Å². The third-order valence-corrected chi connectivity index (χ3v) is 5.23. The van der Waals surface area contributed by atoms with Crippen molar-refractivity contribution in [1.82, 2.24) is 15.2 Å². The van der Waals surface area contributed by atoms with Crippen molar-refractivity contribution in [3.05, 3.63) is 52.0 Å². The van der Waals surface area contributed by atoms with E-state index in [0.29, 0.717) is 12.5 Å². The number of esters is 1. The lowest BCUT2D eigenvalue weighted by atomic mass is 10.2. The molecule has 0 aliphatic rings. The van der Waals surface area contributed by atoms with Gasteiger partial charge in [0.25, 0.3) is 0 Å². The number of carbonyl (C=O) groups is 2. The summed E-state index contributed by atoms with van der Waals surface area (Å²) in [6.45, 7) is 4.35. The second-order valence-electron chi connectivity index (χ2n) is 6.80. The van der Waals surface area contributed by atoms with Crippen molar-refractivity contribution >= 4 is 23.3 Å². The molecular weight excluding hydrogens is 378 g/mol. The van der Waals surface area contributed by atoms with Crippen LogP contribution < -0.4 is 5.32 Å². The Morgan fingerprint density at radius 2 is 2.00 bits per heavy atom. The summed E-state index contributed by atoms with van der Waals surface area (Å²) in [5.74, 6) is -0.235. The summed E-state index contributed by atoms with van der Waals surface area (Å²) in [5, 5.41) is 14.8. The minimum absolute atomic E-state index is 0.0847. The minimum atomic E-state index is -0.912. The second-order valence-corrected chi connectivity index (χ2v) is 7.69. The van der Waals surface area contributed by atoms with Crippen LogP contribution in [-0.4, -0.2) is 46.7 Å². The number of rotatable bonds is 9. The first-order valence-corrected chi connectivity index (χ1v) is 10.1. The highest BCUT2D eigenvalue weighted by Crippen LogP contribution is 2.19. The lowest BCUT2D eigenvalue weighted by molar-refractivity contribution is -0.147. The van der Waals surface area contributed by atoms with Crippen molar-refractivity contribution in [2.45, 2.75) is 45.4 Å². The van der Waals surface area contributed by atoms with E-state index < -0.39 is 18.0 Å². The van der Waals surface area contributed by atoms with Gasteiger partial charge in [-0.25, -0.2) is 14.6 Å². The fourth-order valence-electron chi connectivity index (χ4n) is 2.44. The predicted molar refractivity (Wildman–Crippen MR) is 108 cm³/mol. The molecule has 1 atom stereocenters. The molecule has 0 unspecified atom stereocenters. The number of hydrogen-bond donors (Lipinski definition) is 2. The van der Waals surface area contributed by atoms with Gasteiger partial charge in [0.1, 0.15) is 12.6 Å². The molecule has 0 spiro atoms. The molecular formula is C20H27N3O4S. The van der Waals surface area contributed by atoms with Crippen LogP contribution in [0, 0.1) is 0 Å². The van der Waals surface area contributed by atoms with E-state index in [2.05, 4.69) is 24.1 Å². The van der Waals surface area contributed by atoms with Crippen molar-refractivity contribution in [1.29, 1.82) is 0 Å². The van der Waals surface area contributed by atoms with Crippen LogP contribution in [0.3, 0.4) is 0 Å². The van der Waals surface area contributed by atoms with Crippen LogP contribution in [-0.2, 0) is 22.7 Å². The normalized spacial score (nSPS) is 11.9. The third-order valence-electron chi connectivity index (χ3n) is 4.03. The van der Waals surface area contributed by atoms with Gasteiger partial charge in [-0.1, -0.05) is 44.2 Å². The van der Waals surface area contributed by atoms with Crippen LogP contribution in [0.4, 0.5) is 4.79 Å². The number of nitrogens with one attached hydrogen (secondary N) is 1. The number of aromatic nitrogens is 1. The summed E-state index contributed by atoms with van der Waals surface area (Å²) in [6.07, 6.45) is 0.0847. The zero-order chi connectivity index (χ0) is 20.5. The first-order valence-electron chi connectivity index (χ1n) is 9.18. The lowest BCUT2D eigenvalue weighted by Gasteiger charge is -2.22. The van der Waals surface area contributed by atoms with E-state index >= 15 is 0 Å². The zero-order valence-corrected chi connectivity index (χ0v) is 17.2. The molecule has 2 N–H and O–H groups in total. The summed E-state index contributed by atoms with van der Waals surface area (Å²) in [5.41, 5.74) is 1.66. The average molecular weight is 406 g/mol. The van der Waals surface area contributed by atoms with Gasteiger partial charge < -0.3 is 20.1 Å². The molecule has 0 aliphatic carbocycles. The van der Waals surface area contributed by atoms with E-state index in [0.717, 1.165) is 16.3 Å². The van der Waals surface area contributed by atoms with Gasteiger partial charge >= 0.3 is 12.0 Å². The first-order chi connectivity index (χ1) is 13.4. The molecule has 0 fully saturated rings. The van der Waals surface area contributed by atoms with E-state index in [4.69, 9.17) is 4.74 Å². The van der Waals surface area contributed by atoms with Crippen molar-refractivity contribution in [3.8, 4) is 0 Å². The fourth-order valence-corrected chi connectivity index (χ4v) is 3.27. The molecule has 1 aromatic heterocycles. The maximum atomic E-state index is 12.5. The van der Waals surface area contributed by atoms with Crippen LogP contribution in [0.1, 0.15) is 42.5 Å². The highest BCUT2D eigenvalue weighted by Gasteiger charge is 2.24. The van der Waals surface area contributed by atoms with Crippen LogP contribution in [0.25, 0.3) is 0 Å². The Hall–Kier alpha value is -2.45. The largest absolute Gasteiger partial charge is 0.459 e. The number of hydrogen-bond acceptors (Lipinski definition) is 6. The number of urea groups is 1. The van der Waals surface area contributed by atoms with Crippen molar-refractivity contribution in [2.75, 3.05) is 13.7 Å². The molecule has 2 amide bonds. The standard InChI is InChI=1S/C20H27N3O4S/c1-14(2)18-21-16(13-28-18)11-23(3)20(26)22-17(9-10-24)19(25)27-12-15-7-5-4-6-8-15/h4-8,13-14,17,24H,9-12H2,1-3H3,(H,22,26)/t17-/m0/s1. The third kappa shape index (κ3) is 6.61. The molecule has 0 aliphatic heterocycles. The smallest absolute Gasteiger partial charge is 0.329 e. The Kier molecular flexibility index (Phi) is 8.41. The maximum absolute atomic E-state index is 12.5. The molecule has 28 heavy (non-hydrogen) atoms. The number of thiazole rings is 1. The molecule has 7 nitrogen and oxygen atoms in total. The Morgan fingerprint density at radius 3 is 2.61 bits per heavy atom. The van der Waals surface area contributed by atoms with Crippen molar-refractivity contribution < 1.29 is 19.4 Å². The molecule has 0 bridgehead atoms. The summed E-state index contributed by atoms with van der Waals surface area (Å²) >= 11 is 1.57. The van der Waals surface area contributed by atoms with E-state index in [1.54, 1.807) is 18.4 Å². The van der Waals surface area contributed by atoms with Crippen LogP contribution in [0.2, 0.25) is 0 Å². The lowest BCUT2D eigenvalue weighted by Crippen LogP contribution is -2.47. The molecule has 2 rings (SSSR count). The Bertz CT molecular complexity index is 764. The van der Waals surface area contributed by atoms with Gasteiger partial charge in [-0.3, -0.25) is 0 Å².